The molecule has 142 valence electrons. The standard InChI is InChI=1S/C21H30O3P2/c1-18(2)23-26(22,24-19(3)4)17-11-16-25(20-12-7-5-8-13-20)21-14-9-6-10-15-21/h5-10,12-15,18-19H,11,16-17H2,1-4H3. The third-order valence-corrected chi connectivity index (χ3v) is 8.65. The second-order valence-corrected chi connectivity index (χ2v) is 11.2. The fourth-order valence-electron chi connectivity index (χ4n) is 2.82. The van der Waals surface area contributed by atoms with Gasteiger partial charge in [0.2, 0.25) is 0 Å². The van der Waals surface area contributed by atoms with Crippen LogP contribution in [-0.2, 0) is 13.6 Å². The highest BCUT2D eigenvalue weighted by Crippen LogP contribution is 2.51. The van der Waals surface area contributed by atoms with E-state index in [4.69, 9.17) is 9.05 Å². The summed E-state index contributed by atoms with van der Waals surface area (Å²) >= 11 is 0. The van der Waals surface area contributed by atoms with Gasteiger partial charge in [0, 0.05) is 0 Å². The molecule has 0 aliphatic heterocycles. The van der Waals surface area contributed by atoms with E-state index in [9.17, 15) is 4.57 Å². The van der Waals surface area contributed by atoms with Gasteiger partial charge in [-0.2, -0.15) is 0 Å². The van der Waals surface area contributed by atoms with Crippen molar-refractivity contribution in [2.75, 3.05) is 12.3 Å². The summed E-state index contributed by atoms with van der Waals surface area (Å²) in [5, 5.41) is 2.69. The second-order valence-electron chi connectivity index (χ2n) is 6.82. The molecule has 0 heterocycles. The van der Waals surface area contributed by atoms with Gasteiger partial charge in [0.15, 0.2) is 0 Å². The minimum Gasteiger partial charge on any atom is -0.306 e. The van der Waals surface area contributed by atoms with Gasteiger partial charge >= 0.3 is 7.60 Å². The van der Waals surface area contributed by atoms with E-state index < -0.39 is 15.5 Å². The lowest BCUT2D eigenvalue weighted by Gasteiger charge is -2.24. The largest absolute Gasteiger partial charge is 0.331 e. The Morgan fingerprint density at radius 3 is 1.62 bits per heavy atom. The molecule has 0 saturated carbocycles. The zero-order valence-corrected chi connectivity index (χ0v) is 18.0. The number of rotatable bonds is 10. The minimum atomic E-state index is -3.06. The summed E-state index contributed by atoms with van der Waals surface area (Å²) in [4.78, 5) is 0. The van der Waals surface area contributed by atoms with Crippen LogP contribution in [0.25, 0.3) is 0 Å². The monoisotopic (exact) mass is 392 g/mol. The van der Waals surface area contributed by atoms with Crippen molar-refractivity contribution in [3.63, 3.8) is 0 Å². The Kier molecular flexibility index (Phi) is 8.51. The Bertz CT molecular complexity index is 633. The summed E-state index contributed by atoms with van der Waals surface area (Å²) in [5.41, 5.74) is 0. The van der Waals surface area contributed by atoms with E-state index >= 15 is 0 Å². The molecule has 3 nitrogen and oxygen atoms in total. The molecule has 2 aromatic rings. The molecule has 2 aromatic carbocycles. The van der Waals surface area contributed by atoms with Crippen LogP contribution in [0.15, 0.2) is 60.7 Å². The molecule has 0 amide bonds. The molecule has 0 unspecified atom stereocenters. The second kappa shape index (κ2) is 10.4. The molecule has 0 aliphatic carbocycles. The fraction of sp³-hybridized carbons (Fsp3) is 0.429. The molecule has 0 saturated heterocycles. The Morgan fingerprint density at radius 1 is 0.808 bits per heavy atom. The van der Waals surface area contributed by atoms with Gasteiger partial charge in [0.25, 0.3) is 0 Å². The van der Waals surface area contributed by atoms with Crippen LogP contribution in [0.4, 0.5) is 0 Å². The van der Waals surface area contributed by atoms with Crippen LogP contribution < -0.4 is 10.6 Å². The van der Waals surface area contributed by atoms with Gasteiger partial charge in [-0.05, 0) is 58.8 Å². The smallest absolute Gasteiger partial charge is 0.306 e. The SMILES string of the molecule is CC(C)OP(=O)(CCCP(c1ccccc1)c1ccccc1)OC(C)C. The molecule has 2 rings (SSSR count). The molecule has 0 aromatic heterocycles. The summed E-state index contributed by atoms with van der Waals surface area (Å²) in [5.74, 6) is 0. The first kappa shape index (κ1) is 21.3. The van der Waals surface area contributed by atoms with E-state index in [0.29, 0.717) is 6.16 Å². The summed E-state index contributed by atoms with van der Waals surface area (Å²) in [6.07, 6.45) is 2.03. The lowest BCUT2D eigenvalue weighted by atomic mass is 10.4. The first-order valence-corrected chi connectivity index (χ1v) is 12.5. The van der Waals surface area contributed by atoms with Gasteiger partial charge in [-0.15, -0.1) is 0 Å². The molecule has 0 radical (unpaired) electrons. The first-order chi connectivity index (χ1) is 12.4. The lowest BCUT2D eigenvalue weighted by molar-refractivity contribution is 0.142. The number of benzene rings is 2. The van der Waals surface area contributed by atoms with Gasteiger partial charge in [0.05, 0.1) is 18.4 Å². The first-order valence-electron chi connectivity index (χ1n) is 9.23. The lowest BCUT2D eigenvalue weighted by Crippen LogP contribution is -2.15. The molecular weight excluding hydrogens is 362 g/mol. The highest BCUT2D eigenvalue weighted by molar-refractivity contribution is 7.73. The van der Waals surface area contributed by atoms with Crippen LogP contribution >= 0.6 is 15.5 Å². The molecule has 5 heteroatoms. The van der Waals surface area contributed by atoms with E-state index in [2.05, 4.69) is 48.5 Å². The third-order valence-electron chi connectivity index (χ3n) is 3.69. The zero-order valence-electron chi connectivity index (χ0n) is 16.2. The van der Waals surface area contributed by atoms with Crippen molar-refractivity contribution < 1.29 is 13.6 Å². The topological polar surface area (TPSA) is 35.5 Å². The Balaban J connectivity index is 2.10. The van der Waals surface area contributed by atoms with Crippen molar-refractivity contribution in [1.82, 2.24) is 0 Å². The third kappa shape index (κ3) is 6.97. The number of hydrogen-bond acceptors (Lipinski definition) is 3. The van der Waals surface area contributed by atoms with Gasteiger partial charge in [-0.3, -0.25) is 4.57 Å². The summed E-state index contributed by atoms with van der Waals surface area (Å²) in [6, 6.07) is 21.2. The maximum absolute atomic E-state index is 13.1. The van der Waals surface area contributed by atoms with Crippen LogP contribution in [0.5, 0.6) is 0 Å². The van der Waals surface area contributed by atoms with Gasteiger partial charge in [-0.25, -0.2) is 0 Å². The van der Waals surface area contributed by atoms with E-state index in [-0.39, 0.29) is 12.2 Å². The van der Waals surface area contributed by atoms with Crippen LogP contribution in [0.3, 0.4) is 0 Å². The average Bonchev–Trinajstić information content (AvgIpc) is 2.59. The molecule has 0 fully saturated rings. The van der Waals surface area contributed by atoms with Crippen molar-refractivity contribution in [2.24, 2.45) is 0 Å². The quantitative estimate of drug-likeness (QED) is 0.497. The normalized spacial score (nSPS) is 12.3. The Hall–Kier alpha value is -0.980. The van der Waals surface area contributed by atoms with Gasteiger partial charge in [-0.1, -0.05) is 60.7 Å². The molecule has 0 N–H and O–H groups in total. The predicted octanol–water partition coefficient (Wildman–Crippen LogP) is 5.55. The van der Waals surface area contributed by atoms with Crippen LogP contribution in [0, 0.1) is 0 Å². The van der Waals surface area contributed by atoms with E-state index in [0.717, 1.165) is 12.6 Å². The molecule has 0 aliphatic rings. The molecule has 0 bridgehead atoms. The highest BCUT2D eigenvalue weighted by atomic mass is 31.2. The molecule has 0 spiro atoms. The Labute approximate surface area is 159 Å². The Morgan fingerprint density at radius 2 is 1.23 bits per heavy atom. The average molecular weight is 392 g/mol. The minimum absolute atomic E-state index is 0.107. The zero-order chi connectivity index (χ0) is 19.0. The maximum atomic E-state index is 13.1. The maximum Gasteiger partial charge on any atom is 0.331 e. The van der Waals surface area contributed by atoms with Gasteiger partial charge in [0.1, 0.15) is 0 Å². The molecule has 26 heavy (non-hydrogen) atoms. The van der Waals surface area contributed by atoms with Crippen molar-refractivity contribution in [3.8, 4) is 0 Å². The van der Waals surface area contributed by atoms with Crippen LogP contribution in [0.2, 0.25) is 0 Å². The van der Waals surface area contributed by atoms with Crippen molar-refractivity contribution >= 4 is 26.1 Å². The van der Waals surface area contributed by atoms with Crippen molar-refractivity contribution in [2.45, 2.75) is 46.3 Å². The van der Waals surface area contributed by atoms with E-state index in [1.54, 1.807) is 0 Å². The summed E-state index contributed by atoms with van der Waals surface area (Å²) < 4.78 is 24.4. The van der Waals surface area contributed by atoms with Crippen molar-refractivity contribution in [3.05, 3.63) is 60.7 Å². The van der Waals surface area contributed by atoms with E-state index in [1.807, 2.05) is 39.8 Å². The van der Waals surface area contributed by atoms with Crippen LogP contribution in [-0.4, -0.2) is 24.5 Å². The fourth-order valence-corrected chi connectivity index (χ4v) is 7.51. The van der Waals surface area contributed by atoms with Crippen LogP contribution in [0.1, 0.15) is 34.1 Å². The number of hydrogen-bond donors (Lipinski definition) is 0. The summed E-state index contributed by atoms with van der Waals surface area (Å²) in [6.45, 7) is 7.60. The van der Waals surface area contributed by atoms with Crippen molar-refractivity contribution in [1.29, 1.82) is 0 Å². The van der Waals surface area contributed by atoms with E-state index in [1.165, 1.54) is 10.6 Å². The summed E-state index contributed by atoms with van der Waals surface area (Å²) in [7, 11) is -3.54. The highest BCUT2D eigenvalue weighted by Gasteiger charge is 2.28. The predicted molar refractivity (Wildman–Crippen MR) is 113 cm³/mol. The molecular formula is C21H30O3P2. The van der Waals surface area contributed by atoms with Gasteiger partial charge < -0.3 is 9.05 Å². The molecule has 0 atom stereocenters.